The van der Waals surface area contributed by atoms with Crippen LogP contribution in [0.1, 0.15) is 26.2 Å². The third kappa shape index (κ3) is 5.71. The van der Waals surface area contributed by atoms with Gasteiger partial charge in [0.15, 0.2) is 0 Å². The van der Waals surface area contributed by atoms with Crippen molar-refractivity contribution in [1.29, 1.82) is 0 Å². The molecule has 0 radical (unpaired) electrons. The molecule has 0 aromatic carbocycles. The van der Waals surface area contributed by atoms with Crippen molar-refractivity contribution in [2.75, 3.05) is 58.9 Å². The Hall–Kier alpha value is -0.560. The maximum absolute atomic E-state index is 12.5. The number of hydrogen-bond donors (Lipinski definition) is 1. The van der Waals surface area contributed by atoms with Crippen molar-refractivity contribution in [1.82, 2.24) is 20.0 Å². The number of nitrogens with zero attached hydrogens (tertiary/aromatic N) is 3. The summed E-state index contributed by atoms with van der Waals surface area (Å²) >= 11 is 0. The van der Waals surface area contributed by atoms with Crippen LogP contribution in [0.3, 0.4) is 0 Å². The third-order valence-electron chi connectivity index (χ3n) is 5.66. The smallest absolute Gasteiger partial charge is 0.236 e. The van der Waals surface area contributed by atoms with Crippen LogP contribution in [-0.2, 0) is 9.59 Å². The van der Waals surface area contributed by atoms with E-state index >= 15 is 0 Å². The first kappa shape index (κ1) is 22.5. The van der Waals surface area contributed by atoms with Gasteiger partial charge in [-0.15, -0.1) is 24.8 Å². The Morgan fingerprint density at radius 1 is 0.920 bits per heavy atom. The largest absolute Gasteiger partial charge is 0.342 e. The number of piperazine rings is 1. The summed E-state index contributed by atoms with van der Waals surface area (Å²) < 4.78 is 0. The SMILES string of the molecule is CC(C(=O)N1CCN(CC(=O)N2CCCCC2)CC1)C1CNC1.Cl.Cl. The van der Waals surface area contributed by atoms with E-state index in [1.54, 1.807) is 0 Å². The first-order valence-electron chi connectivity index (χ1n) is 9.15. The highest BCUT2D eigenvalue weighted by atomic mass is 35.5. The lowest BCUT2D eigenvalue weighted by Gasteiger charge is -2.39. The molecule has 2 amide bonds. The fourth-order valence-electron chi connectivity index (χ4n) is 3.72. The highest BCUT2D eigenvalue weighted by Crippen LogP contribution is 2.19. The minimum absolute atomic E-state index is 0. The van der Waals surface area contributed by atoms with Gasteiger partial charge in [-0.3, -0.25) is 14.5 Å². The van der Waals surface area contributed by atoms with E-state index in [0.717, 1.165) is 65.2 Å². The first-order valence-corrected chi connectivity index (χ1v) is 9.15. The third-order valence-corrected chi connectivity index (χ3v) is 5.66. The average Bonchev–Trinajstić information content (AvgIpc) is 2.54. The predicted octanol–water partition coefficient (Wildman–Crippen LogP) is 0.842. The second kappa shape index (κ2) is 10.6. The molecule has 1 atom stereocenters. The number of carbonyl (C=O) groups excluding carboxylic acids is 2. The Balaban J connectivity index is 0.00000156. The Morgan fingerprint density at radius 3 is 2.04 bits per heavy atom. The fraction of sp³-hybridized carbons (Fsp3) is 0.882. The molecule has 3 aliphatic heterocycles. The van der Waals surface area contributed by atoms with Crippen LogP contribution in [0.2, 0.25) is 0 Å². The molecule has 3 rings (SSSR count). The summed E-state index contributed by atoms with van der Waals surface area (Å²) in [4.78, 5) is 31.0. The van der Waals surface area contributed by atoms with Gasteiger partial charge in [0.1, 0.15) is 0 Å². The molecular formula is C17H32Cl2N4O2. The number of likely N-dealkylation sites (tertiary alicyclic amines) is 1. The van der Waals surface area contributed by atoms with Gasteiger partial charge < -0.3 is 15.1 Å². The van der Waals surface area contributed by atoms with Crippen LogP contribution in [0.4, 0.5) is 0 Å². The molecule has 8 heteroatoms. The molecule has 1 N–H and O–H groups in total. The summed E-state index contributed by atoms with van der Waals surface area (Å²) in [5, 5.41) is 3.24. The molecule has 0 spiro atoms. The molecule has 0 bridgehead atoms. The zero-order valence-electron chi connectivity index (χ0n) is 15.1. The molecule has 0 aromatic rings. The van der Waals surface area contributed by atoms with Gasteiger partial charge in [-0.05, 0) is 38.3 Å². The lowest BCUT2D eigenvalue weighted by Crippen LogP contribution is -2.55. The van der Waals surface area contributed by atoms with E-state index < -0.39 is 0 Å². The number of nitrogens with one attached hydrogen (secondary N) is 1. The van der Waals surface area contributed by atoms with Gasteiger partial charge in [-0.2, -0.15) is 0 Å². The van der Waals surface area contributed by atoms with Crippen LogP contribution in [0.5, 0.6) is 0 Å². The summed E-state index contributed by atoms with van der Waals surface area (Å²) in [6.45, 7) is 9.52. The zero-order valence-corrected chi connectivity index (χ0v) is 16.7. The van der Waals surface area contributed by atoms with E-state index in [-0.39, 0.29) is 36.6 Å². The lowest BCUT2D eigenvalue weighted by molar-refractivity contribution is -0.140. The van der Waals surface area contributed by atoms with E-state index in [9.17, 15) is 9.59 Å². The topological polar surface area (TPSA) is 55.9 Å². The van der Waals surface area contributed by atoms with Crippen molar-refractivity contribution >= 4 is 36.6 Å². The summed E-state index contributed by atoms with van der Waals surface area (Å²) in [6.07, 6.45) is 3.53. The minimum Gasteiger partial charge on any atom is -0.342 e. The molecule has 3 aliphatic rings. The number of halogens is 2. The first-order chi connectivity index (χ1) is 11.1. The van der Waals surface area contributed by atoms with E-state index in [1.165, 1.54) is 6.42 Å². The molecule has 0 saturated carbocycles. The van der Waals surface area contributed by atoms with Crippen molar-refractivity contribution in [3.63, 3.8) is 0 Å². The van der Waals surface area contributed by atoms with Crippen molar-refractivity contribution in [3.8, 4) is 0 Å². The van der Waals surface area contributed by atoms with Crippen molar-refractivity contribution in [2.45, 2.75) is 26.2 Å². The predicted molar refractivity (Wildman–Crippen MR) is 103 cm³/mol. The van der Waals surface area contributed by atoms with Crippen LogP contribution in [0.15, 0.2) is 0 Å². The normalized spacial score (nSPS) is 23.1. The standard InChI is InChI=1S/C17H30N4O2.2ClH/c1-14(15-11-18-12-15)17(23)21-9-7-19(8-10-21)13-16(22)20-5-3-2-4-6-20;;/h14-15,18H,2-13H2,1H3;2*1H. The van der Waals surface area contributed by atoms with Gasteiger partial charge in [0.2, 0.25) is 11.8 Å². The summed E-state index contributed by atoms with van der Waals surface area (Å²) in [5.41, 5.74) is 0. The van der Waals surface area contributed by atoms with Gasteiger partial charge in [-0.25, -0.2) is 0 Å². The number of carbonyl (C=O) groups is 2. The Kier molecular flexibility index (Phi) is 9.49. The van der Waals surface area contributed by atoms with Crippen LogP contribution >= 0.6 is 24.8 Å². The molecule has 6 nitrogen and oxygen atoms in total. The van der Waals surface area contributed by atoms with Gasteiger partial charge >= 0.3 is 0 Å². The van der Waals surface area contributed by atoms with E-state index in [2.05, 4.69) is 17.1 Å². The summed E-state index contributed by atoms with van der Waals surface area (Å²) in [6, 6.07) is 0. The molecule has 0 aromatic heterocycles. The molecule has 3 saturated heterocycles. The molecular weight excluding hydrogens is 363 g/mol. The van der Waals surface area contributed by atoms with Gasteiger partial charge in [0.25, 0.3) is 0 Å². The van der Waals surface area contributed by atoms with Crippen molar-refractivity contribution in [3.05, 3.63) is 0 Å². The van der Waals surface area contributed by atoms with Gasteiger partial charge in [0, 0.05) is 45.2 Å². The van der Waals surface area contributed by atoms with Crippen molar-refractivity contribution in [2.24, 2.45) is 11.8 Å². The second-order valence-electron chi connectivity index (χ2n) is 7.25. The van der Waals surface area contributed by atoms with Gasteiger partial charge in [-0.1, -0.05) is 6.92 Å². The Bertz CT molecular complexity index is 434. The number of hydrogen-bond acceptors (Lipinski definition) is 4. The van der Waals surface area contributed by atoms with E-state index in [0.29, 0.717) is 18.4 Å². The maximum Gasteiger partial charge on any atom is 0.236 e. The maximum atomic E-state index is 12.5. The number of amides is 2. The highest BCUT2D eigenvalue weighted by Gasteiger charge is 2.33. The van der Waals surface area contributed by atoms with Crippen LogP contribution in [0.25, 0.3) is 0 Å². The molecule has 146 valence electrons. The zero-order chi connectivity index (χ0) is 16.2. The van der Waals surface area contributed by atoms with Crippen LogP contribution in [-0.4, -0.2) is 85.4 Å². The summed E-state index contributed by atoms with van der Waals surface area (Å²) in [5.74, 6) is 1.18. The quantitative estimate of drug-likeness (QED) is 0.767. The minimum atomic E-state index is 0. The Labute approximate surface area is 163 Å². The van der Waals surface area contributed by atoms with Gasteiger partial charge in [0.05, 0.1) is 6.54 Å². The molecule has 1 unspecified atom stereocenters. The Morgan fingerprint density at radius 2 is 1.52 bits per heavy atom. The summed E-state index contributed by atoms with van der Waals surface area (Å²) in [7, 11) is 0. The molecule has 3 fully saturated rings. The number of piperidine rings is 1. The molecule has 25 heavy (non-hydrogen) atoms. The fourth-order valence-corrected chi connectivity index (χ4v) is 3.72. The molecule has 3 heterocycles. The van der Waals surface area contributed by atoms with Crippen LogP contribution < -0.4 is 5.32 Å². The molecule has 0 aliphatic carbocycles. The highest BCUT2D eigenvalue weighted by molar-refractivity contribution is 5.85. The van der Waals surface area contributed by atoms with E-state index in [1.807, 2.05) is 9.80 Å². The number of rotatable bonds is 4. The van der Waals surface area contributed by atoms with E-state index in [4.69, 9.17) is 0 Å². The van der Waals surface area contributed by atoms with Crippen LogP contribution in [0, 0.1) is 11.8 Å². The van der Waals surface area contributed by atoms with Crippen molar-refractivity contribution < 1.29 is 9.59 Å². The second-order valence-corrected chi connectivity index (χ2v) is 7.25. The lowest BCUT2D eigenvalue weighted by atomic mass is 9.88. The average molecular weight is 395 g/mol. The monoisotopic (exact) mass is 394 g/mol.